The van der Waals surface area contributed by atoms with E-state index in [0.717, 1.165) is 50.5 Å². The minimum absolute atomic E-state index is 0.141. The third-order valence-electron chi connectivity index (χ3n) is 4.28. The molecule has 1 atom stereocenters. The summed E-state index contributed by atoms with van der Waals surface area (Å²) in [6, 6.07) is 7.99. The first-order valence-corrected chi connectivity index (χ1v) is 8.81. The van der Waals surface area contributed by atoms with Crippen molar-refractivity contribution in [2.75, 3.05) is 19.6 Å². The number of piperidine rings is 1. The minimum Gasteiger partial charge on any atom is -0.356 e. The highest BCUT2D eigenvalue weighted by molar-refractivity contribution is 6.30. The van der Waals surface area contributed by atoms with Crippen LogP contribution in [0.2, 0.25) is 5.02 Å². The second-order valence-corrected chi connectivity index (χ2v) is 6.64. The molecule has 0 spiro atoms. The first-order chi connectivity index (χ1) is 10.7. The molecule has 22 heavy (non-hydrogen) atoms. The van der Waals surface area contributed by atoms with E-state index in [2.05, 4.69) is 29.3 Å². The Labute approximate surface area is 139 Å². The van der Waals surface area contributed by atoms with Crippen LogP contribution in [-0.2, 0) is 11.3 Å². The lowest BCUT2D eigenvalue weighted by molar-refractivity contribution is -0.126. The molecule has 0 radical (unpaired) electrons. The molecule has 1 aromatic carbocycles. The Bertz CT molecular complexity index is 461. The predicted octanol–water partition coefficient (Wildman–Crippen LogP) is 3.86. The number of carbonyl (C=O) groups is 1. The summed E-state index contributed by atoms with van der Waals surface area (Å²) >= 11 is 5.92. The lowest BCUT2D eigenvalue weighted by atomic mass is 9.96. The van der Waals surface area contributed by atoms with Crippen molar-refractivity contribution >= 4 is 17.5 Å². The maximum Gasteiger partial charge on any atom is 0.224 e. The Morgan fingerprint density at radius 1 is 1.32 bits per heavy atom. The maximum atomic E-state index is 12.2. The number of carbonyl (C=O) groups excluding carboxylic acids is 1. The standard InChI is InChI=1S/C18H27ClN2O/c1-2-3-4-11-20-18(22)16-6-5-12-21(14-16)13-15-7-9-17(19)10-8-15/h7-10,16H,2-6,11-14H2,1H3,(H,20,22). The minimum atomic E-state index is 0.141. The van der Waals surface area contributed by atoms with Gasteiger partial charge in [0.15, 0.2) is 0 Å². The van der Waals surface area contributed by atoms with Crippen LogP contribution in [0, 0.1) is 5.92 Å². The van der Waals surface area contributed by atoms with Gasteiger partial charge >= 0.3 is 0 Å². The van der Waals surface area contributed by atoms with Gasteiger partial charge in [0.05, 0.1) is 5.92 Å². The van der Waals surface area contributed by atoms with E-state index in [1.165, 1.54) is 18.4 Å². The van der Waals surface area contributed by atoms with Crippen molar-refractivity contribution in [1.29, 1.82) is 0 Å². The second kappa shape index (κ2) is 9.16. The van der Waals surface area contributed by atoms with E-state index in [1.807, 2.05) is 12.1 Å². The van der Waals surface area contributed by atoms with Crippen molar-refractivity contribution in [3.05, 3.63) is 34.9 Å². The fraction of sp³-hybridized carbons (Fsp3) is 0.611. The molecule has 1 aliphatic rings. The van der Waals surface area contributed by atoms with Gasteiger partial charge in [-0.25, -0.2) is 0 Å². The van der Waals surface area contributed by atoms with Crippen LogP contribution in [-0.4, -0.2) is 30.4 Å². The number of hydrogen-bond acceptors (Lipinski definition) is 2. The zero-order valence-electron chi connectivity index (χ0n) is 13.5. The van der Waals surface area contributed by atoms with E-state index in [1.54, 1.807) is 0 Å². The zero-order valence-corrected chi connectivity index (χ0v) is 14.2. The first kappa shape index (κ1) is 17.3. The van der Waals surface area contributed by atoms with E-state index in [-0.39, 0.29) is 11.8 Å². The Kier molecular flexibility index (Phi) is 7.20. The number of nitrogens with one attached hydrogen (secondary N) is 1. The van der Waals surface area contributed by atoms with Crippen molar-refractivity contribution < 1.29 is 4.79 Å². The molecule has 1 aliphatic heterocycles. The van der Waals surface area contributed by atoms with Gasteiger partial charge in [0.25, 0.3) is 0 Å². The summed E-state index contributed by atoms with van der Waals surface area (Å²) in [6.45, 7) is 5.83. The molecule has 3 nitrogen and oxygen atoms in total. The molecular formula is C18H27ClN2O. The quantitative estimate of drug-likeness (QED) is 0.773. The number of amides is 1. The molecule has 1 aromatic rings. The van der Waals surface area contributed by atoms with Crippen LogP contribution in [0.5, 0.6) is 0 Å². The van der Waals surface area contributed by atoms with Crippen LogP contribution in [0.1, 0.15) is 44.6 Å². The summed E-state index contributed by atoms with van der Waals surface area (Å²) in [4.78, 5) is 14.6. The number of hydrogen-bond donors (Lipinski definition) is 1. The summed E-state index contributed by atoms with van der Waals surface area (Å²) < 4.78 is 0. The van der Waals surface area contributed by atoms with Crippen LogP contribution in [0.3, 0.4) is 0 Å². The lowest BCUT2D eigenvalue weighted by Crippen LogP contribution is -2.42. The molecular weight excluding hydrogens is 296 g/mol. The van der Waals surface area contributed by atoms with Gasteiger partial charge in [-0.2, -0.15) is 0 Å². The monoisotopic (exact) mass is 322 g/mol. The predicted molar refractivity (Wildman–Crippen MR) is 92.0 cm³/mol. The fourth-order valence-corrected chi connectivity index (χ4v) is 3.12. The normalized spacial score (nSPS) is 19.1. The number of benzene rings is 1. The third kappa shape index (κ3) is 5.62. The average Bonchev–Trinajstić information content (AvgIpc) is 2.54. The Morgan fingerprint density at radius 2 is 2.09 bits per heavy atom. The molecule has 1 amide bonds. The smallest absolute Gasteiger partial charge is 0.224 e. The summed E-state index contributed by atoms with van der Waals surface area (Å²) in [7, 11) is 0. The first-order valence-electron chi connectivity index (χ1n) is 8.43. The molecule has 1 heterocycles. The van der Waals surface area contributed by atoms with Crippen molar-refractivity contribution in [2.24, 2.45) is 5.92 Å². The van der Waals surface area contributed by atoms with E-state index in [0.29, 0.717) is 0 Å². The summed E-state index contributed by atoms with van der Waals surface area (Å²) in [5.74, 6) is 0.375. The molecule has 0 aliphatic carbocycles. The molecule has 1 fully saturated rings. The third-order valence-corrected chi connectivity index (χ3v) is 4.53. The Balaban J connectivity index is 1.78. The number of likely N-dealkylation sites (tertiary alicyclic amines) is 1. The molecule has 0 saturated carbocycles. The van der Waals surface area contributed by atoms with Gasteiger partial charge in [0.1, 0.15) is 0 Å². The van der Waals surface area contributed by atoms with E-state index in [9.17, 15) is 4.79 Å². The molecule has 1 saturated heterocycles. The SMILES string of the molecule is CCCCCNC(=O)C1CCCN(Cc2ccc(Cl)cc2)C1. The lowest BCUT2D eigenvalue weighted by Gasteiger charge is -2.32. The highest BCUT2D eigenvalue weighted by atomic mass is 35.5. The van der Waals surface area contributed by atoms with Crippen LogP contribution < -0.4 is 5.32 Å². The molecule has 0 bridgehead atoms. The summed E-state index contributed by atoms with van der Waals surface area (Å²) in [5, 5.41) is 3.87. The Morgan fingerprint density at radius 3 is 2.82 bits per heavy atom. The van der Waals surface area contributed by atoms with E-state index < -0.39 is 0 Å². The molecule has 1 N–H and O–H groups in total. The van der Waals surface area contributed by atoms with Gasteiger partial charge in [-0.15, -0.1) is 0 Å². The van der Waals surface area contributed by atoms with Crippen LogP contribution >= 0.6 is 11.6 Å². The van der Waals surface area contributed by atoms with Crippen molar-refractivity contribution in [2.45, 2.75) is 45.6 Å². The molecule has 4 heteroatoms. The zero-order chi connectivity index (χ0) is 15.8. The Hall–Kier alpha value is -1.06. The fourth-order valence-electron chi connectivity index (χ4n) is 2.99. The van der Waals surface area contributed by atoms with Crippen LogP contribution in [0.15, 0.2) is 24.3 Å². The van der Waals surface area contributed by atoms with Crippen LogP contribution in [0.25, 0.3) is 0 Å². The van der Waals surface area contributed by atoms with Crippen molar-refractivity contribution in [3.8, 4) is 0 Å². The highest BCUT2D eigenvalue weighted by Crippen LogP contribution is 2.19. The number of rotatable bonds is 7. The topological polar surface area (TPSA) is 32.3 Å². The van der Waals surface area contributed by atoms with Gasteiger partial charge in [0, 0.05) is 24.7 Å². The molecule has 1 unspecified atom stereocenters. The highest BCUT2D eigenvalue weighted by Gasteiger charge is 2.25. The van der Waals surface area contributed by atoms with Gasteiger partial charge in [-0.05, 0) is 43.5 Å². The largest absolute Gasteiger partial charge is 0.356 e. The van der Waals surface area contributed by atoms with Gasteiger partial charge in [0.2, 0.25) is 5.91 Å². The summed E-state index contributed by atoms with van der Waals surface area (Å²) in [5.41, 5.74) is 1.26. The second-order valence-electron chi connectivity index (χ2n) is 6.20. The van der Waals surface area contributed by atoms with E-state index in [4.69, 9.17) is 11.6 Å². The van der Waals surface area contributed by atoms with E-state index >= 15 is 0 Å². The molecule has 2 rings (SSSR count). The molecule has 0 aromatic heterocycles. The van der Waals surface area contributed by atoms with Gasteiger partial charge in [-0.3, -0.25) is 9.69 Å². The number of unbranched alkanes of at least 4 members (excludes halogenated alkanes) is 2. The van der Waals surface area contributed by atoms with Gasteiger partial charge < -0.3 is 5.32 Å². The van der Waals surface area contributed by atoms with Crippen molar-refractivity contribution in [1.82, 2.24) is 10.2 Å². The number of halogens is 1. The average molecular weight is 323 g/mol. The number of nitrogens with zero attached hydrogens (tertiary/aromatic N) is 1. The maximum absolute atomic E-state index is 12.2. The summed E-state index contributed by atoms with van der Waals surface area (Å²) in [6.07, 6.45) is 5.57. The van der Waals surface area contributed by atoms with Crippen LogP contribution in [0.4, 0.5) is 0 Å². The molecule has 122 valence electrons. The van der Waals surface area contributed by atoms with Gasteiger partial charge in [-0.1, -0.05) is 43.5 Å². The van der Waals surface area contributed by atoms with Crippen molar-refractivity contribution in [3.63, 3.8) is 0 Å².